The molecule has 6 rings (SSSR count). The van der Waals surface area contributed by atoms with Gasteiger partial charge in [0.2, 0.25) is 0 Å². The highest BCUT2D eigenvalue weighted by Crippen LogP contribution is 2.42. The number of aliphatic hydroxyl groups excluding tert-OH is 1. The first-order valence-corrected chi connectivity index (χ1v) is 12.9. The maximum atomic E-state index is 14.0. The number of carbonyl (C=O) groups is 1. The summed E-state index contributed by atoms with van der Waals surface area (Å²) >= 11 is 0. The van der Waals surface area contributed by atoms with Gasteiger partial charge in [0.05, 0.1) is 30.3 Å². The number of halogens is 3. The first-order valence-electron chi connectivity index (χ1n) is 12.9. The van der Waals surface area contributed by atoms with E-state index in [1.165, 1.54) is 11.0 Å². The van der Waals surface area contributed by atoms with E-state index in [2.05, 4.69) is 33.5 Å². The lowest BCUT2D eigenvalue weighted by Crippen LogP contribution is -2.24. The molecular weight excluding hydrogens is 535 g/mol. The Bertz CT molecular complexity index is 1740. The Morgan fingerprint density at radius 1 is 1.15 bits per heavy atom. The average molecular weight is 560 g/mol. The van der Waals surface area contributed by atoms with Gasteiger partial charge in [-0.25, -0.2) is 4.98 Å². The van der Waals surface area contributed by atoms with Gasteiger partial charge in [-0.05, 0) is 77.1 Å². The van der Waals surface area contributed by atoms with Crippen LogP contribution >= 0.6 is 0 Å². The number of aliphatic hydroxyl groups is 1. The normalized spacial score (nSPS) is 17.9. The van der Waals surface area contributed by atoms with Gasteiger partial charge in [0.25, 0.3) is 5.91 Å². The molecule has 1 fully saturated rings. The molecule has 1 aliphatic heterocycles. The van der Waals surface area contributed by atoms with E-state index in [0.29, 0.717) is 39.8 Å². The molecule has 1 aliphatic carbocycles. The van der Waals surface area contributed by atoms with Gasteiger partial charge in [-0.3, -0.25) is 9.69 Å². The van der Waals surface area contributed by atoms with Crippen molar-refractivity contribution >= 4 is 17.5 Å². The number of carbonyl (C=O) groups excluding carboxylic acids is 1. The number of amides is 1. The van der Waals surface area contributed by atoms with Crippen LogP contribution in [0.4, 0.5) is 24.8 Å². The smallest absolute Gasteiger partial charge is 0.392 e. The van der Waals surface area contributed by atoms with Crippen LogP contribution in [0.1, 0.15) is 46.0 Å². The van der Waals surface area contributed by atoms with Gasteiger partial charge in [-0.2, -0.15) is 18.4 Å². The topological polar surface area (TPSA) is 120 Å². The van der Waals surface area contributed by atoms with E-state index in [0.717, 1.165) is 12.5 Å². The van der Waals surface area contributed by atoms with Crippen LogP contribution in [0.25, 0.3) is 22.5 Å². The number of nitrogens with one attached hydrogen (secondary N) is 1. The zero-order valence-corrected chi connectivity index (χ0v) is 22.1. The monoisotopic (exact) mass is 559 g/mol. The third kappa shape index (κ3) is 4.78. The Balaban J connectivity index is 1.50. The highest BCUT2D eigenvalue weighted by atomic mass is 19.4. The van der Waals surface area contributed by atoms with Gasteiger partial charge < -0.3 is 15.0 Å². The highest BCUT2D eigenvalue weighted by molar-refractivity contribution is 6.10. The van der Waals surface area contributed by atoms with Gasteiger partial charge in [0, 0.05) is 24.2 Å². The Morgan fingerprint density at radius 3 is 2.56 bits per heavy atom. The minimum atomic E-state index is -4.71. The van der Waals surface area contributed by atoms with Crippen LogP contribution in [0.5, 0.6) is 0 Å². The number of anilines is 2. The summed E-state index contributed by atoms with van der Waals surface area (Å²) in [4.78, 5) is 19.4. The van der Waals surface area contributed by atoms with Crippen LogP contribution in [-0.4, -0.2) is 36.8 Å². The number of hydrogen-bond acceptors (Lipinski definition) is 7. The number of alkyl halides is 3. The number of rotatable bonds is 6. The summed E-state index contributed by atoms with van der Waals surface area (Å²) in [5.74, 6) is 0.932. The standard InChI is InChI=1S/C29H24F3N7O2/c1-15-5-24(15)35-25-9-18(20-6-16(11-33)3-4-19(20)27-37-34-14-38(27)2)10-26(36-25)39-12-22-21(28(39)41)7-17(13-40)8-23(22)29(30,31)32/h3-4,6-10,14-15,24,40H,5,12-13H2,1-2H3,(H,35,36)/t15-,24-/m0/s1. The predicted octanol–water partition coefficient (Wildman–Crippen LogP) is 4.91. The quantitative estimate of drug-likeness (QED) is 0.345. The molecule has 208 valence electrons. The van der Waals surface area contributed by atoms with Crippen LogP contribution in [0, 0.1) is 17.2 Å². The number of fused-ring (bicyclic) bond motifs is 1. The minimum absolute atomic E-state index is 0.000279. The summed E-state index contributed by atoms with van der Waals surface area (Å²) in [6.45, 7) is 1.12. The van der Waals surface area contributed by atoms with Crippen molar-refractivity contribution in [3.63, 3.8) is 0 Å². The number of nitrogens with zero attached hydrogens (tertiary/aromatic N) is 6. The van der Waals surface area contributed by atoms with Gasteiger partial charge >= 0.3 is 6.18 Å². The van der Waals surface area contributed by atoms with E-state index in [9.17, 15) is 28.3 Å². The molecule has 41 heavy (non-hydrogen) atoms. The Hall–Kier alpha value is -4.76. The second kappa shape index (κ2) is 9.71. The van der Waals surface area contributed by atoms with Crippen molar-refractivity contribution in [2.75, 3.05) is 10.2 Å². The minimum Gasteiger partial charge on any atom is -0.392 e. The molecule has 0 spiro atoms. The molecule has 2 atom stereocenters. The van der Waals surface area contributed by atoms with Crippen molar-refractivity contribution in [1.29, 1.82) is 5.26 Å². The van der Waals surface area contributed by atoms with Crippen molar-refractivity contribution in [2.24, 2.45) is 13.0 Å². The summed E-state index contributed by atoms with van der Waals surface area (Å²) in [5, 5.41) is 30.7. The molecule has 0 bridgehead atoms. The lowest BCUT2D eigenvalue weighted by atomic mass is 9.97. The molecular formula is C29H24F3N7O2. The Morgan fingerprint density at radius 2 is 1.93 bits per heavy atom. The van der Waals surface area contributed by atoms with E-state index < -0.39 is 24.3 Å². The van der Waals surface area contributed by atoms with E-state index in [1.54, 1.807) is 48.3 Å². The van der Waals surface area contributed by atoms with Gasteiger partial charge in [0.1, 0.15) is 18.0 Å². The molecule has 1 saturated carbocycles. The molecule has 2 aliphatic rings. The summed E-state index contributed by atoms with van der Waals surface area (Å²) in [7, 11) is 1.79. The van der Waals surface area contributed by atoms with Crippen LogP contribution in [0.3, 0.4) is 0 Å². The van der Waals surface area contributed by atoms with Crippen LogP contribution in [0.15, 0.2) is 48.8 Å². The maximum Gasteiger partial charge on any atom is 0.416 e. The number of nitriles is 1. The first kappa shape index (κ1) is 26.5. The van der Waals surface area contributed by atoms with Crippen molar-refractivity contribution in [2.45, 2.75) is 38.7 Å². The second-order valence-electron chi connectivity index (χ2n) is 10.4. The fraction of sp³-hybridized carbons (Fsp3) is 0.276. The summed E-state index contributed by atoms with van der Waals surface area (Å²) in [5.41, 5.74) is 1.05. The third-order valence-corrected chi connectivity index (χ3v) is 7.53. The zero-order valence-electron chi connectivity index (χ0n) is 22.1. The van der Waals surface area contributed by atoms with Crippen molar-refractivity contribution in [3.8, 4) is 28.6 Å². The third-order valence-electron chi connectivity index (χ3n) is 7.53. The summed E-state index contributed by atoms with van der Waals surface area (Å²) in [6.07, 6.45) is -2.23. The van der Waals surface area contributed by atoms with Gasteiger partial charge in [-0.15, -0.1) is 10.2 Å². The average Bonchev–Trinajstić information content (AvgIpc) is 3.31. The number of aromatic nitrogens is 4. The van der Waals surface area contributed by atoms with E-state index in [4.69, 9.17) is 0 Å². The molecule has 2 aromatic carbocycles. The first-order chi connectivity index (χ1) is 19.6. The summed E-state index contributed by atoms with van der Waals surface area (Å²) < 4.78 is 43.6. The predicted molar refractivity (Wildman–Crippen MR) is 143 cm³/mol. The maximum absolute atomic E-state index is 14.0. The molecule has 4 aromatic rings. The molecule has 2 N–H and O–H groups in total. The van der Waals surface area contributed by atoms with E-state index >= 15 is 0 Å². The fourth-order valence-electron chi connectivity index (χ4n) is 5.17. The molecule has 2 aromatic heterocycles. The molecule has 0 unspecified atom stereocenters. The number of benzene rings is 2. The van der Waals surface area contributed by atoms with E-state index in [-0.39, 0.29) is 35.1 Å². The molecule has 3 heterocycles. The lowest BCUT2D eigenvalue weighted by Gasteiger charge is -2.19. The number of hydrogen-bond donors (Lipinski definition) is 2. The molecule has 0 radical (unpaired) electrons. The molecule has 1 amide bonds. The Kier molecular flexibility index (Phi) is 6.26. The lowest BCUT2D eigenvalue weighted by molar-refractivity contribution is -0.138. The van der Waals surface area contributed by atoms with Crippen LogP contribution in [-0.2, 0) is 26.4 Å². The van der Waals surface area contributed by atoms with Crippen LogP contribution < -0.4 is 10.2 Å². The van der Waals surface area contributed by atoms with Gasteiger partial charge in [-0.1, -0.05) is 6.92 Å². The largest absolute Gasteiger partial charge is 0.416 e. The Labute approximate surface area is 232 Å². The molecule has 9 nitrogen and oxygen atoms in total. The van der Waals surface area contributed by atoms with Crippen molar-refractivity contribution in [1.82, 2.24) is 19.7 Å². The van der Waals surface area contributed by atoms with Crippen LogP contribution in [0.2, 0.25) is 0 Å². The molecule has 12 heteroatoms. The number of pyridine rings is 1. The van der Waals surface area contributed by atoms with Crippen molar-refractivity contribution in [3.05, 3.63) is 76.6 Å². The molecule has 0 saturated heterocycles. The fourth-order valence-corrected chi connectivity index (χ4v) is 5.17. The second-order valence-corrected chi connectivity index (χ2v) is 10.4. The SMILES string of the molecule is C[C@H]1C[C@@H]1Nc1cc(-c2cc(C#N)ccc2-c2nncn2C)cc(N2Cc3c(cc(CO)cc3C(F)(F)F)C2=O)n1. The number of aryl methyl sites for hydroxylation is 1. The zero-order chi connectivity index (χ0) is 29.1. The van der Waals surface area contributed by atoms with E-state index in [1.807, 2.05) is 0 Å². The highest BCUT2D eigenvalue weighted by Gasteiger charge is 2.41. The van der Waals surface area contributed by atoms with Gasteiger partial charge in [0.15, 0.2) is 5.82 Å². The van der Waals surface area contributed by atoms with Crippen molar-refractivity contribution < 1.29 is 23.1 Å². The summed E-state index contributed by atoms with van der Waals surface area (Å²) in [6, 6.07) is 13.0.